The molecule has 0 radical (unpaired) electrons. The summed E-state index contributed by atoms with van der Waals surface area (Å²) in [5, 5.41) is 0. The Kier molecular flexibility index (Phi) is 3.83. The Labute approximate surface area is 82.4 Å². The van der Waals surface area contributed by atoms with Crippen molar-refractivity contribution in [3.63, 3.8) is 0 Å². The quantitative estimate of drug-likeness (QED) is 0.710. The second-order valence-corrected chi connectivity index (χ2v) is 4.61. The smallest absolute Gasteiger partial charge is 0.00391 e. The molecule has 13 heavy (non-hydrogen) atoms. The van der Waals surface area contributed by atoms with Crippen LogP contribution >= 0.6 is 0 Å². The van der Waals surface area contributed by atoms with Crippen LogP contribution in [0.3, 0.4) is 0 Å². The van der Waals surface area contributed by atoms with Crippen molar-refractivity contribution in [2.75, 3.05) is 0 Å². The molecule has 3 atom stereocenters. The van der Waals surface area contributed by atoms with Crippen LogP contribution in [-0.2, 0) is 0 Å². The van der Waals surface area contributed by atoms with E-state index in [1.807, 2.05) is 0 Å². The Hall–Kier alpha value is -0.460. The first-order chi connectivity index (χ1) is 6.15. The van der Waals surface area contributed by atoms with Gasteiger partial charge in [0.25, 0.3) is 0 Å². The van der Waals surface area contributed by atoms with E-state index in [1.165, 1.54) is 32.1 Å². The Bertz CT molecular complexity index is 174. The molecule has 1 heteroatoms. The number of allylic oxidation sites excluding steroid dienone is 1. The standard InChI is InChI=1S/C12H23N/c1-4-5-11-6-7-12(10(3)13)8-9(11)2/h9,11-12H,3-8,13H2,1-2H3. The van der Waals surface area contributed by atoms with E-state index in [0.29, 0.717) is 5.92 Å². The molecule has 0 aromatic carbocycles. The van der Waals surface area contributed by atoms with Crippen LogP contribution in [-0.4, -0.2) is 0 Å². The summed E-state index contributed by atoms with van der Waals surface area (Å²) in [4.78, 5) is 0. The lowest BCUT2D eigenvalue weighted by molar-refractivity contribution is 0.200. The third kappa shape index (κ3) is 2.75. The molecule has 76 valence electrons. The van der Waals surface area contributed by atoms with Gasteiger partial charge in [-0.1, -0.05) is 33.3 Å². The van der Waals surface area contributed by atoms with E-state index < -0.39 is 0 Å². The van der Waals surface area contributed by atoms with Crippen molar-refractivity contribution < 1.29 is 0 Å². The van der Waals surface area contributed by atoms with Gasteiger partial charge in [-0.25, -0.2) is 0 Å². The summed E-state index contributed by atoms with van der Waals surface area (Å²) in [6.07, 6.45) is 6.61. The lowest BCUT2D eigenvalue weighted by Gasteiger charge is -2.34. The minimum absolute atomic E-state index is 0.600. The Morgan fingerprint density at radius 3 is 2.62 bits per heavy atom. The van der Waals surface area contributed by atoms with E-state index >= 15 is 0 Å². The van der Waals surface area contributed by atoms with E-state index in [2.05, 4.69) is 20.4 Å². The molecule has 1 aliphatic carbocycles. The van der Waals surface area contributed by atoms with Gasteiger partial charge in [0.15, 0.2) is 0 Å². The number of rotatable bonds is 3. The molecule has 0 amide bonds. The summed E-state index contributed by atoms with van der Waals surface area (Å²) in [5.74, 6) is 2.39. The van der Waals surface area contributed by atoms with Crippen LogP contribution in [0.4, 0.5) is 0 Å². The average Bonchev–Trinajstić information content (AvgIpc) is 2.08. The van der Waals surface area contributed by atoms with Crippen LogP contribution in [0, 0.1) is 17.8 Å². The van der Waals surface area contributed by atoms with E-state index in [1.54, 1.807) is 0 Å². The molecule has 1 rings (SSSR count). The normalized spacial score (nSPS) is 34.5. The van der Waals surface area contributed by atoms with Crippen LogP contribution in [0.25, 0.3) is 0 Å². The lowest BCUT2D eigenvalue weighted by Crippen LogP contribution is -2.25. The molecule has 3 unspecified atom stereocenters. The number of hydrogen-bond donors (Lipinski definition) is 1. The Morgan fingerprint density at radius 1 is 1.46 bits per heavy atom. The van der Waals surface area contributed by atoms with E-state index in [-0.39, 0.29) is 0 Å². The van der Waals surface area contributed by atoms with E-state index in [9.17, 15) is 0 Å². The summed E-state index contributed by atoms with van der Waals surface area (Å²) < 4.78 is 0. The summed E-state index contributed by atoms with van der Waals surface area (Å²) in [6, 6.07) is 0. The van der Waals surface area contributed by atoms with Gasteiger partial charge < -0.3 is 5.73 Å². The van der Waals surface area contributed by atoms with Crippen molar-refractivity contribution in [2.24, 2.45) is 23.5 Å². The molecule has 0 spiro atoms. The van der Waals surface area contributed by atoms with E-state index in [0.717, 1.165) is 17.5 Å². The van der Waals surface area contributed by atoms with Crippen LogP contribution in [0.1, 0.15) is 46.0 Å². The molecular formula is C12H23N. The molecule has 0 aromatic rings. The average molecular weight is 181 g/mol. The molecule has 1 fully saturated rings. The molecule has 1 nitrogen and oxygen atoms in total. The van der Waals surface area contributed by atoms with Gasteiger partial charge in [-0.15, -0.1) is 0 Å². The Balaban J connectivity index is 2.41. The molecule has 0 heterocycles. The van der Waals surface area contributed by atoms with E-state index in [4.69, 9.17) is 5.73 Å². The fraction of sp³-hybridized carbons (Fsp3) is 0.833. The van der Waals surface area contributed by atoms with Gasteiger partial charge in [-0.3, -0.25) is 0 Å². The van der Waals surface area contributed by atoms with Gasteiger partial charge in [0.1, 0.15) is 0 Å². The van der Waals surface area contributed by atoms with Crippen molar-refractivity contribution in [2.45, 2.75) is 46.0 Å². The van der Waals surface area contributed by atoms with Crippen molar-refractivity contribution >= 4 is 0 Å². The molecule has 0 aliphatic heterocycles. The largest absolute Gasteiger partial charge is 0.402 e. The van der Waals surface area contributed by atoms with Crippen molar-refractivity contribution in [3.05, 3.63) is 12.3 Å². The number of hydrogen-bond acceptors (Lipinski definition) is 1. The highest BCUT2D eigenvalue weighted by molar-refractivity contribution is 4.97. The fourth-order valence-electron chi connectivity index (χ4n) is 2.60. The first kappa shape index (κ1) is 10.6. The van der Waals surface area contributed by atoms with Crippen LogP contribution in [0.15, 0.2) is 12.3 Å². The molecule has 2 N–H and O–H groups in total. The second kappa shape index (κ2) is 4.69. The van der Waals surface area contributed by atoms with Crippen LogP contribution in [0.5, 0.6) is 0 Å². The van der Waals surface area contributed by atoms with Gasteiger partial charge in [0.05, 0.1) is 0 Å². The van der Waals surface area contributed by atoms with Gasteiger partial charge in [-0.05, 0) is 37.0 Å². The maximum absolute atomic E-state index is 5.75. The zero-order valence-electron chi connectivity index (χ0n) is 9.05. The van der Waals surface area contributed by atoms with Crippen LogP contribution < -0.4 is 5.73 Å². The van der Waals surface area contributed by atoms with Crippen molar-refractivity contribution in [1.29, 1.82) is 0 Å². The van der Waals surface area contributed by atoms with Gasteiger partial charge in [0.2, 0.25) is 0 Å². The maximum Gasteiger partial charge on any atom is 0.00391 e. The predicted molar refractivity (Wildman–Crippen MR) is 58.2 cm³/mol. The summed E-state index contributed by atoms with van der Waals surface area (Å²) in [5.41, 5.74) is 6.66. The fourth-order valence-corrected chi connectivity index (χ4v) is 2.60. The van der Waals surface area contributed by atoms with Gasteiger partial charge in [0, 0.05) is 5.70 Å². The lowest BCUT2D eigenvalue weighted by atomic mass is 9.72. The minimum atomic E-state index is 0.600. The highest BCUT2D eigenvalue weighted by atomic mass is 14.6. The first-order valence-corrected chi connectivity index (χ1v) is 5.59. The SMILES string of the molecule is C=C(N)C1CCC(CCC)C(C)C1. The zero-order chi connectivity index (χ0) is 9.84. The van der Waals surface area contributed by atoms with Gasteiger partial charge >= 0.3 is 0 Å². The maximum atomic E-state index is 5.75. The van der Waals surface area contributed by atoms with Crippen molar-refractivity contribution in [3.8, 4) is 0 Å². The molecule has 0 bridgehead atoms. The van der Waals surface area contributed by atoms with Crippen molar-refractivity contribution in [1.82, 2.24) is 0 Å². The molecule has 1 saturated carbocycles. The molecular weight excluding hydrogens is 158 g/mol. The second-order valence-electron chi connectivity index (χ2n) is 4.61. The highest BCUT2D eigenvalue weighted by Crippen LogP contribution is 2.37. The molecule has 1 aliphatic rings. The molecule has 0 saturated heterocycles. The first-order valence-electron chi connectivity index (χ1n) is 5.59. The number of nitrogens with two attached hydrogens (primary N) is 1. The topological polar surface area (TPSA) is 26.0 Å². The van der Waals surface area contributed by atoms with Gasteiger partial charge in [-0.2, -0.15) is 0 Å². The monoisotopic (exact) mass is 181 g/mol. The van der Waals surface area contributed by atoms with Crippen LogP contribution in [0.2, 0.25) is 0 Å². The summed E-state index contributed by atoms with van der Waals surface area (Å²) in [6.45, 7) is 8.51. The Morgan fingerprint density at radius 2 is 2.15 bits per heavy atom. The summed E-state index contributed by atoms with van der Waals surface area (Å²) in [7, 11) is 0. The highest BCUT2D eigenvalue weighted by Gasteiger charge is 2.27. The summed E-state index contributed by atoms with van der Waals surface area (Å²) >= 11 is 0. The minimum Gasteiger partial charge on any atom is -0.402 e. The molecule has 0 aromatic heterocycles. The zero-order valence-corrected chi connectivity index (χ0v) is 9.05. The third-order valence-electron chi connectivity index (χ3n) is 3.53. The third-order valence-corrected chi connectivity index (χ3v) is 3.53. The predicted octanol–water partition coefficient (Wildman–Crippen LogP) is 3.31.